The molecule has 1 fully saturated rings. The molecule has 0 bridgehead atoms. The van der Waals surface area contributed by atoms with Crippen molar-refractivity contribution in [3.05, 3.63) is 35.4 Å². The first-order valence-electron chi connectivity index (χ1n) is 8.26. The van der Waals surface area contributed by atoms with E-state index in [1.54, 1.807) is 0 Å². The van der Waals surface area contributed by atoms with Crippen LogP contribution in [-0.4, -0.2) is 36.5 Å². The molecule has 1 N–H and O–H groups in total. The number of hydrogen-bond acceptors (Lipinski definition) is 2. The zero-order valence-electron chi connectivity index (χ0n) is 13.4. The summed E-state index contributed by atoms with van der Waals surface area (Å²) in [5, 5.41) is 3.54. The molecular formula is C18H28N2O. The van der Waals surface area contributed by atoms with E-state index in [0.29, 0.717) is 12.5 Å². The van der Waals surface area contributed by atoms with Gasteiger partial charge in [-0.2, -0.15) is 0 Å². The van der Waals surface area contributed by atoms with E-state index in [2.05, 4.69) is 36.2 Å². The van der Waals surface area contributed by atoms with Gasteiger partial charge in [0, 0.05) is 19.1 Å². The zero-order valence-corrected chi connectivity index (χ0v) is 13.4. The summed E-state index contributed by atoms with van der Waals surface area (Å²) < 4.78 is 0. The highest BCUT2D eigenvalue weighted by Gasteiger charge is 2.20. The molecule has 3 heteroatoms. The van der Waals surface area contributed by atoms with Crippen molar-refractivity contribution in [1.82, 2.24) is 10.2 Å². The lowest BCUT2D eigenvalue weighted by atomic mass is 10.0. The quantitative estimate of drug-likeness (QED) is 0.873. The van der Waals surface area contributed by atoms with E-state index in [-0.39, 0.29) is 5.91 Å². The molecule has 1 heterocycles. The fourth-order valence-electron chi connectivity index (χ4n) is 3.02. The van der Waals surface area contributed by atoms with Crippen LogP contribution in [0.15, 0.2) is 24.3 Å². The Hall–Kier alpha value is -1.35. The summed E-state index contributed by atoms with van der Waals surface area (Å²) in [5.74, 6) is 0.263. The van der Waals surface area contributed by atoms with Gasteiger partial charge in [-0.3, -0.25) is 4.79 Å². The number of hydrogen-bond donors (Lipinski definition) is 1. The normalized spacial score (nSPS) is 18.5. The van der Waals surface area contributed by atoms with E-state index in [9.17, 15) is 4.79 Å². The molecule has 2 rings (SSSR count). The summed E-state index contributed by atoms with van der Waals surface area (Å²) in [6.45, 7) is 7.04. The van der Waals surface area contributed by atoms with Gasteiger partial charge in [-0.25, -0.2) is 0 Å². The van der Waals surface area contributed by atoms with Crippen LogP contribution in [0.2, 0.25) is 0 Å². The SMILES string of the molecule is CCCN(CC1CCCCN1)C(=O)Cc1ccccc1C. The average Bonchev–Trinajstić information content (AvgIpc) is 2.50. The number of piperidine rings is 1. The predicted octanol–water partition coefficient (Wildman–Crippen LogP) is 2.92. The Labute approximate surface area is 128 Å². The molecule has 1 aliphatic rings. The van der Waals surface area contributed by atoms with Gasteiger partial charge in [0.25, 0.3) is 0 Å². The Morgan fingerprint density at radius 1 is 1.33 bits per heavy atom. The van der Waals surface area contributed by atoms with Gasteiger partial charge in [-0.05, 0) is 43.9 Å². The largest absolute Gasteiger partial charge is 0.341 e. The third kappa shape index (κ3) is 4.85. The second-order valence-corrected chi connectivity index (χ2v) is 6.09. The number of rotatable bonds is 6. The van der Waals surface area contributed by atoms with Gasteiger partial charge < -0.3 is 10.2 Å². The number of nitrogens with one attached hydrogen (secondary N) is 1. The lowest BCUT2D eigenvalue weighted by Crippen LogP contribution is -2.46. The van der Waals surface area contributed by atoms with Crippen molar-refractivity contribution in [2.45, 2.75) is 52.0 Å². The third-order valence-electron chi connectivity index (χ3n) is 4.30. The molecule has 1 aromatic carbocycles. The van der Waals surface area contributed by atoms with E-state index in [0.717, 1.165) is 31.6 Å². The van der Waals surface area contributed by atoms with Gasteiger partial charge in [-0.1, -0.05) is 37.6 Å². The van der Waals surface area contributed by atoms with Crippen molar-refractivity contribution in [3.63, 3.8) is 0 Å². The molecule has 0 aromatic heterocycles. The minimum absolute atomic E-state index is 0.263. The first-order valence-corrected chi connectivity index (χ1v) is 8.26. The Bertz CT molecular complexity index is 452. The van der Waals surface area contributed by atoms with E-state index in [1.165, 1.54) is 24.8 Å². The molecule has 1 aromatic rings. The molecule has 0 aliphatic carbocycles. The Morgan fingerprint density at radius 3 is 2.81 bits per heavy atom. The highest BCUT2D eigenvalue weighted by molar-refractivity contribution is 5.79. The van der Waals surface area contributed by atoms with E-state index in [1.807, 2.05) is 12.1 Å². The van der Waals surface area contributed by atoms with Crippen LogP contribution in [0.5, 0.6) is 0 Å². The van der Waals surface area contributed by atoms with Crippen molar-refractivity contribution in [3.8, 4) is 0 Å². The molecule has 1 unspecified atom stereocenters. The van der Waals surface area contributed by atoms with Crippen LogP contribution in [0, 0.1) is 6.92 Å². The van der Waals surface area contributed by atoms with E-state index in [4.69, 9.17) is 0 Å². The van der Waals surface area contributed by atoms with Crippen molar-refractivity contribution in [2.24, 2.45) is 0 Å². The lowest BCUT2D eigenvalue weighted by Gasteiger charge is -2.30. The molecule has 1 atom stereocenters. The Balaban J connectivity index is 1.96. The monoisotopic (exact) mass is 288 g/mol. The molecule has 0 radical (unpaired) electrons. The van der Waals surface area contributed by atoms with Crippen LogP contribution in [0.25, 0.3) is 0 Å². The van der Waals surface area contributed by atoms with Gasteiger partial charge in [0.15, 0.2) is 0 Å². The number of aryl methyl sites for hydroxylation is 1. The maximum absolute atomic E-state index is 12.6. The smallest absolute Gasteiger partial charge is 0.227 e. The van der Waals surface area contributed by atoms with Crippen molar-refractivity contribution in [1.29, 1.82) is 0 Å². The zero-order chi connectivity index (χ0) is 15.1. The van der Waals surface area contributed by atoms with Crippen LogP contribution >= 0.6 is 0 Å². The Kier molecular flexibility index (Phi) is 6.24. The predicted molar refractivity (Wildman–Crippen MR) is 87.4 cm³/mol. The van der Waals surface area contributed by atoms with Gasteiger partial charge in [0.1, 0.15) is 0 Å². The van der Waals surface area contributed by atoms with Gasteiger partial charge in [0.2, 0.25) is 5.91 Å². The topological polar surface area (TPSA) is 32.3 Å². The highest BCUT2D eigenvalue weighted by atomic mass is 16.2. The van der Waals surface area contributed by atoms with Gasteiger partial charge in [-0.15, -0.1) is 0 Å². The standard InChI is InChI=1S/C18H28N2O/c1-3-12-20(14-17-10-6-7-11-19-17)18(21)13-16-9-5-4-8-15(16)2/h4-5,8-9,17,19H,3,6-7,10-14H2,1-2H3. The first kappa shape index (κ1) is 16.0. The number of nitrogens with zero attached hydrogens (tertiary/aromatic N) is 1. The molecule has 1 aliphatic heterocycles. The third-order valence-corrected chi connectivity index (χ3v) is 4.30. The number of carbonyl (C=O) groups is 1. The molecule has 3 nitrogen and oxygen atoms in total. The van der Waals surface area contributed by atoms with Gasteiger partial charge in [0.05, 0.1) is 6.42 Å². The first-order chi connectivity index (χ1) is 10.2. The summed E-state index contributed by atoms with van der Waals surface area (Å²) in [5.41, 5.74) is 2.36. The minimum Gasteiger partial charge on any atom is -0.341 e. The van der Waals surface area contributed by atoms with Crippen molar-refractivity contribution < 1.29 is 4.79 Å². The lowest BCUT2D eigenvalue weighted by molar-refractivity contribution is -0.131. The Morgan fingerprint density at radius 2 is 2.14 bits per heavy atom. The van der Waals surface area contributed by atoms with Crippen molar-refractivity contribution >= 4 is 5.91 Å². The number of amides is 1. The second-order valence-electron chi connectivity index (χ2n) is 6.09. The van der Waals surface area contributed by atoms with Crippen LogP contribution in [-0.2, 0) is 11.2 Å². The summed E-state index contributed by atoms with van der Waals surface area (Å²) >= 11 is 0. The van der Waals surface area contributed by atoms with Crippen LogP contribution in [0.4, 0.5) is 0 Å². The minimum atomic E-state index is 0.263. The average molecular weight is 288 g/mol. The summed E-state index contributed by atoms with van der Waals surface area (Å²) in [4.78, 5) is 14.7. The maximum Gasteiger partial charge on any atom is 0.227 e. The van der Waals surface area contributed by atoms with E-state index < -0.39 is 0 Å². The van der Waals surface area contributed by atoms with Crippen LogP contribution in [0.3, 0.4) is 0 Å². The molecule has 1 amide bonds. The fourth-order valence-corrected chi connectivity index (χ4v) is 3.02. The number of benzene rings is 1. The molecule has 1 saturated heterocycles. The highest BCUT2D eigenvalue weighted by Crippen LogP contribution is 2.12. The molecule has 0 spiro atoms. The molecule has 0 saturated carbocycles. The number of carbonyl (C=O) groups excluding carboxylic acids is 1. The van der Waals surface area contributed by atoms with Crippen molar-refractivity contribution in [2.75, 3.05) is 19.6 Å². The summed E-state index contributed by atoms with van der Waals surface area (Å²) in [7, 11) is 0. The molecular weight excluding hydrogens is 260 g/mol. The van der Waals surface area contributed by atoms with Crippen LogP contribution < -0.4 is 5.32 Å². The fraction of sp³-hybridized carbons (Fsp3) is 0.611. The summed E-state index contributed by atoms with van der Waals surface area (Å²) in [6.07, 6.45) is 5.29. The maximum atomic E-state index is 12.6. The van der Waals surface area contributed by atoms with E-state index >= 15 is 0 Å². The molecule has 116 valence electrons. The summed E-state index contributed by atoms with van der Waals surface area (Å²) in [6, 6.07) is 8.67. The second kappa shape index (κ2) is 8.18. The van der Waals surface area contributed by atoms with Crippen LogP contribution in [0.1, 0.15) is 43.7 Å². The van der Waals surface area contributed by atoms with Gasteiger partial charge >= 0.3 is 0 Å². The molecule has 21 heavy (non-hydrogen) atoms.